The number of hydrogen-bond donors (Lipinski definition) is 0. The number of nitrogens with zero attached hydrogens (tertiary/aromatic N) is 4. The van der Waals surface area contributed by atoms with Crippen LogP contribution < -0.4 is 0 Å². The Morgan fingerprint density at radius 3 is 2.54 bits per heavy atom. The lowest BCUT2D eigenvalue weighted by Crippen LogP contribution is -2.03. The van der Waals surface area contributed by atoms with Crippen molar-refractivity contribution < 1.29 is 4.42 Å². The number of halogens is 1. The van der Waals surface area contributed by atoms with E-state index in [2.05, 4.69) is 19.7 Å². The van der Waals surface area contributed by atoms with Gasteiger partial charge in [0.1, 0.15) is 5.76 Å². The number of hydrogen-bond acceptors (Lipinski definition) is 5. The molecule has 0 amide bonds. The molecule has 3 heterocycles. The predicted octanol–water partition coefficient (Wildman–Crippen LogP) is 4.93. The second-order valence-corrected chi connectivity index (χ2v) is 7.00. The van der Waals surface area contributed by atoms with Crippen LogP contribution in [0.3, 0.4) is 0 Å². The van der Waals surface area contributed by atoms with Crippen LogP contribution in [0, 0.1) is 0 Å². The lowest BCUT2D eigenvalue weighted by atomic mass is 10.2. The minimum absolute atomic E-state index is 0.570. The van der Waals surface area contributed by atoms with Gasteiger partial charge in [0.2, 0.25) is 0 Å². The lowest BCUT2D eigenvalue weighted by Gasteiger charge is -2.09. The van der Waals surface area contributed by atoms with Gasteiger partial charge in [0, 0.05) is 28.7 Å². The molecular formula is C19H15ClN4OS. The van der Waals surface area contributed by atoms with Crippen molar-refractivity contribution in [3.8, 4) is 11.4 Å². The summed E-state index contributed by atoms with van der Waals surface area (Å²) < 4.78 is 7.58. The molecule has 4 aromatic rings. The van der Waals surface area contributed by atoms with Gasteiger partial charge in [0.15, 0.2) is 11.0 Å². The lowest BCUT2D eigenvalue weighted by molar-refractivity contribution is 0.485. The van der Waals surface area contributed by atoms with Crippen molar-refractivity contribution in [2.24, 2.45) is 0 Å². The van der Waals surface area contributed by atoms with E-state index in [4.69, 9.17) is 16.0 Å². The summed E-state index contributed by atoms with van der Waals surface area (Å²) in [5, 5.41) is 10.4. The van der Waals surface area contributed by atoms with Crippen LogP contribution in [-0.4, -0.2) is 19.7 Å². The summed E-state index contributed by atoms with van der Waals surface area (Å²) in [4.78, 5) is 4.07. The molecule has 0 saturated heterocycles. The monoisotopic (exact) mass is 382 g/mol. The molecule has 0 bridgehead atoms. The van der Waals surface area contributed by atoms with Gasteiger partial charge in [0.25, 0.3) is 0 Å². The van der Waals surface area contributed by atoms with Crippen LogP contribution in [0.5, 0.6) is 0 Å². The van der Waals surface area contributed by atoms with Crippen LogP contribution in [0.15, 0.2) is 76.8 Å². The van der Waals surface area contributed by atoms with E-state index in [1.165, 1.54) is 5.56 Å². The Morgan fingerprint density at radius 1 is 1.00 bits per heavy atom. The van der Waals surface area contributed by atoms with Gasteiger partial charge in [-0.25, -0.2) is 0 Å². The molecular weight excluding hydrogens is 368 g/mol. The summed E-state index contributed by atoms with van der Waals surface area (Å²) in [6.07, 6.45) is 5.18. The van der Waals surface area contributed by atoms with Gasteiger partial charge < -0.3 is 4.42 Å². The zero-order valence-corrected chi connectivity index (χ0v) is 15.3. The van der Waals surface area contributed by atoms with Crippen LogP contribution in [0.25, 0.3) is 11.4 Å². The largest absolute Gasteiger partial charge is 0.467 e. The van der Waals surface area contributed by atoms with Crippen molar-refractivity contribution in [3.63, 3.8) is 0 Å². The van der Waals surface area contributed by atoms with E-state index < -0.39 is 0 Å². The molecule has 0 aliphatic rings. The smallest absolute Gasteiger partial charge is 0.192 e. The molecule has 130 valence electrons. The Bertz CT molecular complexity index is 969. The Balaban J connectivity index is 1.63. The normalized spacial score (nSPS) is 11.0. The van der Waals surface area contributed by atoms with Crippen molar-refractivity contribution in [2.75, 3.05) is 0 Å². The fourth-order valence-electron chi connectivity index (χ4n) is 2.54. The van der Waals surface area contributed by atoms with Gasteiger partial charge in [-0.2, -0.15) is 0 Å². The molecule has 0 spiro atoms. The Morgan fingerprint density at radius 2 is 1.81 bits per heavy atom. The highest BCUT2D eigenvalue weighted by atomic mass is 35.5. The predicted molar refractivity (Wildman–Crippen MR) is 102 cm³/mol. The highest BCUT2D eigenvalue weighted by molar-refractivity contribution is 7.98. The van der Waals surface area contributed by atoms with Crippen molar-refractivity contribution in [2.45, 2.75) is 17.5 Å². The molecule has 26 heavy (non-hydrogen) atoms. The van der Waals surface area contributed by atoms with Crippen molar-refractivity contribution in [1.82, 2.24) is 19.7 Å². The molecule has 0 fully saturated rings. The first kappa shape index (κ1) is 16.9. The maximum Gasteiger partial charge on any atom is 0.192 e. The quantitative estimate of drug-likeness (QED) is 0.443. The standard InChI is InChI=1S/C19H15ClN4OS/c20-16-5-3-14(4-6-16)13-26-19-23-22-18(15-7-9-21-10-8-15)24(19)12-17-2-1-11-25-17/h1-11H,12-13H2. The SMILES string of the molecule is Clc1ccc(CSc2nnc(-c3ccncc3)n2Cc2ccco2)cc1. The van der Waals surface area contributed by atoms with Gasteiger partial charge >= 0.3 is 0 Å². The Labute approximate surface area is 160 Å². The Kier molecular flexibility index (Phi) is 5.04. The summed E-state index contributed by atoms with van der Waals surface area (Å²) in [5.41, 5.74) is 2.15. The molecule has 1 aromatic carbocycles. The first-order chi connectivity index (χ1) is 12.8. The first-order valence-corrected chi connectivity index (χ1v) is 9.39. The van der Waals surface area contributed by atoms with Crippen molar-refractivity contribution in [3.05, 3.63) is 83.5 Å². The number of furan rings is 1. The van der Waals surface area contributed by atoms with Gasteiger partial charge in [-0.3, -0.25) is 9.55 Å². The van der Waals surface area contributed by atoms with E-state index in [1.807, 2.05) is 48.5 Å². The zero-order chi connectivity index (χ0) is 17.8. The van der Waals surface area contributed by atoms with Crippen LogP contribution >= 0.6 is 23.4 Å². The zero-order valence-electron chi connectivity index (χ0n) is 13.7. The molecule has 0 aliphatic heterocycles. The topological polar surface area (TPSA) is 56.7 Å². The van der Waals surface area contributed by atoms with Gasteiger partial charge in [-0.15, -0.1) is 10.2 Å². The van der Waals surface area contributed by atoms with E-state index in [9.17, 15) is 0 Å². The van der Waals surface area contributed by atoms with Crippen LogP contribution in [0.1, 0.15) is 11.3 Å². The molecule has 3 aromatic heterocycles. The van der Waals surface area contributed by atoms with E-state index in [1.54, 1.807) is 30.4 Å². The highest BCUT2D eigenvalue weighted by Gasteiger charge is 2.16. The van der Waals surface area contributed by atoms with E-state index in [0.29, 0.717) is 6.54 Å². The number of benzene rings is 1. The average Bonchev–Trinajstić information content (AvgIpc) is 3.33. The first-order valence-electron chi connectivity index (χ1n) is 8.03. The summed E-state index contributed by atoms with van der Waals surface area (Å²) >= 11 is 7.59. The van der Waals surface area contributed by atoms with Crippen molar-refractivity contribution in [1.29, 1.82) is 0 Å². The Hall–Kier alpha value is -2.57. The number of rotatable bonds is 6. The minimum Gasteiger partial charge on any atom is -0.467 e. The third-order valence-corrected chi connectivity index (χ3v) is 5.12. The average molecular weight is 383 g/mol. The maximum atomic E-state index is 5.96. The molecule has 0 saturated carbocycles. The summed E-state index contributed by atoms with van der Waals surface area (Å²) in [7, 11) is 0. The highest BCUT2D eigenvalue weighted by Crippen LogP contribution is 2.27. The molecule has 5 nitrogen and oxygen atoms in total. The van der Waals surface area contributed by atoms with Crippen LogP contribution in [0.4, 0.5) is 0 Å². The van der Waals surface area contributed by atoms with Crippen LogP contribution in [0.2, 0.25) is 5.02 Å². The summed E-state index contributed by atoms with van der Waals surface area (Å²) in [6, 6.07) is 15.5. The molecule has 7 heteroatoms. The number of thioether (sulfide) groups is 1. The number of aromatic nitrogens is 4. The van der Waals surface area contributed by atoms with E-state index in [0.717, 1.165) is 33.1 Å². The number of pyridine rings is 1. The third-order valence-electron chi connectivity index (χ3n) is 3.83. The molecule has 0 atom stereocenters. The van der Waals surface area contributed by atoms with E-state index >= 15 is 0 Å². The van der Waals surface area contributed by atoms with E-state index in [-0.39, 0.29) is 0 Å². The molecule has 0 N–H and O–H groups in total. The fraction of sp³-hybridized carbons (Fsp3) is 0.105. The molecule has 0 unspecified atom stereocenters. The van der Waals surface area contributed by atoms with Crippen LogP contribution in [-0.2, 0) is 12.3 Å². The van der Waals surface area contributed by atoms with Gasteiger partial charge in [-0.1, -0.05) is 35.5 Å². The summed E-state index contributed by atoms with van der Waals surface area (Å²) in [5.74, 6) is 2.43. The molecule has 4 rings (SSSR count). The second kappa shape index (κ2) is 7.76. The van der Waals surface area contributed by atoms with Crippen molar-refractivity contribution >= 4 is 23.4 Å². The van der Waals surface area contributed by atoms with Gasteiger partial charge in [-0.05, 0) is 42.0 Å². The van der Waals surface area contributed by atoms with Gasteiger partial charge in [0.05, 0.1) is 12.8 Å². The molecule has 0 radical (unpaired) electrons. The maximum absolute atomic E-state index is 5.96. The molecule has 0 aliphatic carbocycles. The second-order valence-electron chi connectivity index (χ2n) is 5.62. The summed E-state index contributed by atoms with van der Waals surface area (Å²) in [6.45, 7) is 0.570. The minimum atomic E-state index is 0.570. The third kappa shape index (κ3) is 3.81. The fourth-order valence-corrected chi connectivity index (χ4v) is 3.56.